The maximum Gasteiger partial charge on any atom is 0.0530 e. The van der Waals surface area contributed by atoms with Crippen LogP contribution in [0.1, 0.15) is 72.1 Å². The largest absolute Gasteiger partial charge is 0.381 e. The number of hydrogen-bond donors (Lipinski definition) is 0. The summed E-state index contributed by atoms with van der Waals surface area (Å²) in [6.07, 6.45) is 10.7. The summed E-state index contributed by atoms with van der Waals surface area (Å²) < 4.78 is 6.15. The van der Waals surface area contributed by atoms with Gasteiger partial charge in [0.2, 0.25) is 0 Å². The molecule has 0 radical (unpaired) electrons. The molecular weight excluding hydrogens is 300 g/mol. The minimum absolute atomic E-state index is 0.379. The van der Waals surface area contributed by atoms with Crippen LogP contribution in [0.5, 0.6) is 0 Å². The number of hydrogen-bond acceptors (Lipinski definition) is 1. The van der Waals surface area contributed by atoms with E-state index in [9.17, 15) is 0 Å². The molecule has 0 aliphatic heterocycles. The van der Waals surface area contributed by atoms with Crippen LogP contribution in [0.3, 0.4) is 0 Å². The van der Waals surface area contributed by atoms with E-state index in [1.807, 2.05) is 0 Å². The van der Waals surface area contributed by atoms with Crippen LogP contribution in [0.25, 0.3) is 0 Å². The van der Waals surface area contributed by atoms with Crippen LogP contribution < -0.4 is 0 Å². The fraction of sp³-hybridized carbons (Fsp3) is 1.00. The normalized spacial score (nSPS) is 24.6. The van der Waals surface area contributed by atoms with Crippen molar-refractivity contribution >= 4 is 15.9 Å². The first-order valence-electron chi connectivity index (χ1n) is 8.29. The molecule has 2 heteroatoms. The lowest BCUT2D eigenvalue weighted by Gasteiger charge is -2.33. The topological polar surface area (TPSA) is 9.23 Å². The average molecular weight is 333 g/mol. The van der Waals surface area contributed by atoms with Gasteiger partial charge >= 0.3 is 0 Å². The predicted octanol–water partition coefficient (Wildman–Crippen LogP) is 5.81. The van der Waals surface area contributed by atoms with Crippen LogP contribution in [0.15, 0.2) is 0 Å². The summed E-state index contributed by atoms with van der Waals surface area (Å²) in [4.78, 5) is 0. The molecule has 0 bridgehead atoms. The van der Waals surface area contributed by atoms with Crippen LogP contribution in [0, 0.1) is 17.3 Å². The average Bonchev–Trinajstić information content (AvgIpc) is 2.39. The minimum atomic E-state index is 0.379. The number of ether oxygens (including phenoxy) is 1. The molecule has 1 aliphatic carbocycles. The van der Waals surface area contributed by atoms with E-state index in [2.05, 4.69) is 36.7 Å². The second-order valence-corrected chi connectivity index (χ2v) is 7.35. The molecule has 114 valence electrons. The van der Waals surface area contributed by atoms with Crippen molar-refractivity contribution in [3.05, 3.63) is 0 Å². The highest BCUT2D eigenvalue weighted by Gasteiger charge is 2.28. The molecular formula is C17H33BrO. The van der Waals surface area contributed by atoms with Gasteiger partial charge in [0, 0.05) is 17.4 Å². The molecule has 2 unspecified atom stereocenters. The lowest BCUT2D eigenvalue weighted by Crippen LogP contribution is -2.30. The highest BCUT2D eigenvalue weighted by atomic mass is 79.9. The van der Waals surface area contributed by atoms with E-state index < -0.39 is 0 Å². The lowest BCUT2D eigenvalue weighted by atomic mass is 9.81. The Morgan fingerprint density at radius 2 is 1.84 bits per heavy atom. The third-order valence-corrected chi connectivity index (χ3v) is 5.84. The van der Waals surface area contributed by atoms with Gasteiger partial charge in [-0.25, -0.2) is 0 Å². The Bertz CT molecular complexity index is 223. The van der Waals surface area contributed by atoms with Crippen molar-refractivity contribution in [3.8, 4) is 0 Å². The van der Waals surface area contributed by atoms with Crippen molar-refractivity contribution in [2.24, 2.45) is 17.3 Å². The molecule has 1 fully saturated rings. The van der Waals surface area contributed by atoms with Gasteiger partial charge in [-0.3, -0.25) is 0 Å². The molecule has 0 spiro atoms. The molecule has 0 aromatic heterocycles. The van der Waals surface area contributed by atoms with Gasteiger partial charge in [0.1, 0.15) is 0 Å². The SMILES string of the molecule is CCCC(CBr)(CCC)COCC1CCCC(C)C1. The smallest absolute Gasteiger partial charge is 0.0530 e. The number of rotatable bonds is 9. The lowest BCUT2D eigenvalue weighted by molar-refractivity contribution is 0.0155. The van der Waals surface area contributed by atoms with E-state index in [0.717, 1.165) is 30.4 Å². The third kappa shape index (κ3) is 6.16. The highest BCUT2D eigenvalue weighted by molar-refractivity contribution is 9.09. The van der Waals surface area contributed by atoms with Gasteiger partial charge in [0.05, 0.1) is 6.61 Å². The minimum Gasteiger partial charge on any atom is -0.381 e. The van der Waals surface area contributed by atoms with E-state index in [1.54, 1.807) is 0 Å². The van der Waals surface area contributed by atoms with Crippen LogP contribution in [-0.4, -0.2) is 18.5 Å². The van der Waals surface area contributed by atoms with Crippen molar-refractivity contribution in [2.75, 3.05) is 18.5 Å². The van der Waals surface area contributed by atoms with Gasteiger partial charge in [0.15, 0.2) is 0 Å². The monoisotopic (exact) mass is 332 g/mol. The van der Waals surface area contributed by atoms with Crippen LogP contribution in [0.4, 0.5) is 0 Å². The van der Waals surface area contributed by atoms with E-state index >= 15 is 0 Å². The second kappa shape index (κ2) is 9.39. The Kier molecular flexibility index (Phi) is 8.64. The predicted molar refractivity (Wildman–Crippen MR) is 88.0 cm³/mol. The van der Waals surface area contributed by atoms with Gasteiger partial charge in [-0.15, -0.1) is 0 Å². The molecule has 0 N–H and O–H groups in total. The molecule has 1 saturated carbocycles. The molecule has 0 amide bonds. The van der Waals surface area contributed by atoms with Crippen LogP contribution >= 0.6 is 15.9 Å². The Balaban J connectivity index is 2.34. The zero-order chi connectivity index (χ0) is 14.1. The summed E-state index contributed by atoms with van der Waals surface area (Å²) in [7, 11) is 0. The van der Waals surface area contributed by atoms with Crippen LogP contribution in [0.2, 0.25) is 0 Å². The summed E-state index contributed by atoms with van der Waals surface area (Å²) in [5.41, 5.74) is 0.379. The fourth-order valence-corrected chi connectivity index (χ4v) is 4.38. The summed E-state index contributed by atoms with van der Waals surface area (Å²) in [6, 6.07) is 0. The van der Waals surface area contributed by atoms with Gasteiger partial charge in [-0.05, 0) is 37.5 Å². The van der Waals surface area contributed by atoms with Crippen molar-refractivity contribution in [1.29, 1.82) is 0 Å². The first-order chi connectivity index (χ1) is 9.15. The maximum atomic E-state index is 6.15. The highest BCUT2D eigenvalue weighted by Crippen LogP contribution is 2.34. The number of alkyl halides is 1. The Morgan fingerprint density at radius 3 is 2.37 bits per heavy atom. The molecule has 0 aromatic carbocycles. The maximum absolute atomic E-state index is 6.15. The van der Waals surface area contributed by atoms with E-state index in [4.69, 9.17) is 4.74 Å². The molecule has 1 nitrogen and oxygen atoms in total. The molecule has 0 heterocycles. The van der Waals surface area contributed by atoms with Crippen LogP contribution in [-0.2, 0) is 4.74 Å². The first-order valence-corrected chi connectivity index (χ1v) is 9.41. The standard InChI is InChI=1S/C17H33BrO/c1-4-9-17(13-18,10-5-2)14-19-12-16-8-6-7-15(3)11-16/h15-16H,4-14H2,1-3H3. The molecule has 1 aliphatic rings. The fourth-order valence-electron chi connectivity index (χ4n) is 3.66. The van der Waals surface area contributed by atoms with E-state index in [-0.39, 0.29) is 0 Å². The molecule has 2 atom stereocenters. The van der Waals surface area contributed by atoms with E-state index in [1.165, 1.54) is 51.4 Å². The van der Waals surface area contributed by atoms with Crippen molar-refractivity contribution in [2.45, 2.75) is 72.1 Å². The molecule has 0 saturated heterocycles. The molecule has 0 aromatic rings. The molecule has 1 rings (SSSR count). The Labute approximate surface area is 129 Å². The van der Waals surface area contributed by atoms with Crippen molar-refractivity contribution in [3.63, 3.8) is 0 Å². The van der Waals surface area contributed by atoms with Gasteiger partial charge < -0.3 is 4.74 Å². The van der Waals surface area contributed by atoms with Gasteiger partial charge in [-0.1, -0.05) is 62.4 Å². The van der Waals surface area contributed by atoms with E-state index in [0.29, 0.717) is 5.41 Å². The van der Waals surface area contributed by atoms with Gasteiger partial charge in [-0.2, -0.15) is 0 Å². The Morgan fingerprint density at radius 1 is 1.16 bits per heavy atom. The summed E-state index contributed by atoms with van der Waals surface area (Å²) in [5, 5.41) is 1.09. The zero-order valence-corrected chi connectivity index (χ0v) is 14.8. The van der Waals surface area contributed by atoms with Crippen molar-refractivity contribution < 1.29 is 4.74 Å². The van der Waals surface area contributed by atoms with Gasteiger partial charge in [0.25, 0.3) is 0 Å². The second-order valence-electron chi connectivity index (χ2n) is 6.79. The molecule has 19 heavy (non-hydrogen) atoms. The third-order valence-electron chi connectivity index (χ3n) is 4.65. The van der Waals surface area contributed by atoms with Crippen molar-refractivity contribution in [1.82, 2.24) is 0 Å². The Hall–Kier alpha value is 0.440. The first kappa shape index (κ1) is 17.5. The summed E-state index contributed by atoms with van der Waals surface area (Å²) in [6.45, 7) is 8.91. The zero-order valence-electron chi connectivity index (χ0n) is 13.2. The summed E-state index contributed by atoms with van der Waals surface area (Å²) in [5.74, 6) is 1.73. The quantitative estimate of drug-likeness (QED) is 0.484. The number of halogens is 1. The summed E-state index contributed by atoms with van der Waals surface area (Å²) >= 11 is 3.73.